The lowest BCUT2D eigenvalue weighted by Crippen LogP contribution is -2.57. The summed E-state index contributed by atoms with van der Waals surface area (Å²) in [5.41, 5.74) is 0.677. The average Bonchev–Trinajstić information content (AvgIpc) is 3.16. The van der Waals surface area contributed by atoms with Gasteiger partial charge in [0.15, 0.2) is 5.03 Å². The molecule has 3 aliphatic rings. The number of nitrogens with one attached hydrogen (secondary N) is 1. The van der Waals surface area contributed by atoms with Gasteiger partial charge in [-0.25, -0.2) is 13.4 Å². The number of piperidine rings is 2. The van der Waals surface area contributed by atoms with Crippen molar-refractivity contribution >= 4 is 21.6 Å². The summed E-state index contributed by atoms with van der Waals surface area (Å²) in [6.07, 6.45) is 5.41. The Morgan fingerprint density at radius 2 is 1.97 bits per heavy atom. The summed E-state index contributed by atoms with van der Waals surface area (Å²) in [6.45, 7) is 4.37. The Balaban J connectivity index is 1.50. The molecule has 3 fully saturated rings. The fourth-order valence-electron chi connectivity index (χ4n) is 4.47. The number of fused-ring (bicyclic) bond motifs is 3. The van der Waals surface area contributed by atoms with Crippen LogP contribution in [0, 0.1) is 11.8 Å². The molecular weight excluding hydrogens is 404 g/mol. The maximum Gasteiger partial charge on any atom is 0.262 e. The first-order chi connectivity index (χ1) is 14.2. The van der Waals surface area contributed by atoms with E-state index in [1.807, 2.05) is 26.0 Å². The van der Waals surface area contributed by atoms with Crippen LogP contribution < -0.4 is 10.1 Å². The third-order valence-corrected chi connectivity index (χ3v) is 7.59. The highest BCUT2D eigenvalue weighted by molar-refractivity contribution is 7.89. The van der Waals surface area contributed by atoms with Crippen molar-refractivity contribution in [3.63, 3.8) is 0 Å². The number of rotatable bonds is 6. The van der Waals surface area contributed by atoms with E-state index in [1.165, 1.54) is 16.8 Å². The molecule has 2 saturated heterocycles. The van der Waals surface area contributed by atoms with Crippen LogP contribution in [0.4, 0.5) is 5.69 Å². The molecule has 0 radical (unpaired) electrons. The standard InChI is InChI=1S/C21H28N4O4S/c1-14(2)29-17-7-5-16(6-8-17)23-21(26)18-10-15-4-9-19(18)25(11-15)30(27,28)20-12-24(3)13-22-20/h5-8,12-15,18-19H,4,9-11H2,1-3H3,(H,23,26)/t15-,18+,19+/m0/s1. The van der Waals surface area contributed by atoms with Gasteiger partial charge in [-0.05, 0) is 63.3 Å². The van der Waals surface area contributed by atoms with Crippen LogP contribution in [-0.2, 0) is 21.9 Å². The van der Waals surface area contributed by atoms with Crippen LogP contribution in [0.15, 0.2) is 41.8 Å². The molecule has 1 amide bonds. The number of anilines is 1. The van der Waals surface area contributed by atoms with E-state index in [0.717, 1.165) is 12.2 Å². The second kappa shape index (κ2) is 8.03. The van der Waals surface area contributed by atoms with E-state index < -0.39 is 10.0 Å². The Hall–Kier alpha value is -2.39. The topological polar surface area (TPSA) is 93.5 Å². The first-order valence-electron chi connectivity index (χ1n) is 10.3. The van der Waals surface area contributed by atoms with Gasteiger partial charge in [0.1, 0.15) is 5.75 Å². The van der Waals surface area contributed by atoms with Gasteiger partial charge in [0, 0.05) is 31.5 Å². The average molecular weight is 433 g/mol. The second-order valence-electron chi connectivity index (χ2n) is 8.49. The van der Waals surface area contributed by atoms with E-state index in [-0.39, 0.29) is 34.9 Å². The van der Waals surface area contributed by atoms with Crippen molar-refractivity contribution in [2.75, 3.05) is 11.9 Å². The molecule has 9 heteroatoms. The largest absolute Gasteiger partial charge is 0.491 e. The van der Waals surface area contributed by atoms with Crippen molar-refractivity contribution in [1.29, 1.82) is 0 Å². The van der Waals surface area contributed by atoms with Gasteiger partial charge >= 0.3 is 0 Å². The Morgan fingerprint density at radius 1 is 1.23 bits per heavy atom. The molecular formula is C21H28N4O4S. The number of sulfonamides is 1. The van der Waals surface area contributed by atoms with Crippen LogP contribution in [0.25, 0.3) is 0 Å². The first kappa shape index (κ1) is 20.9. The van der Waals surface area contributed by atoms with Crippen LogP contribution in [-0.4, -0.2) is 46.9 Å². The van der Waals surface area contributed by atoms with Crippen molar-refractivity contribution in [2.24, 2.45) is 18.9 Å². The van der Waals surface area contributed by atoms with Crippen molar-refractivity contribution in [3.05, 3.63) is 36.8 Å². The minimum Gasteiger partial charge on any atom is -0.491 e. The normalized spacial score (nSPS) is 24.2. The van der Waals surface area contributed by atoms with E-state index in [0.29, 0.717) is 25.1 Å². The zero-order chi connectivity index (χ0) is 21.5. The van der Waals surface area contributed by atoms with Gasteiger partial charge in [-0.3, -0.25) is 4.79 Å². The van der Waals surface area contributed by atoms with Crippen molar-refractivity contribution in [2.45, 2.75) is 50.3 Å². The van der Waals surface area contributed by atoms with Crippen LogP contribution in [0.3, 0.4) is 0 Å². The fraction of sp³-hybridized carbons (Fsp3) is 0.524. The number of aryl methyl sites for hydroxylation is 1. The molecule has 1 saturated carbocycles. The van der Waals surface area contributed by atoms with E-state index in [4.69, 9.17) is 4.74 Å². The summed E-state index contributed by atoms with van der Waals surface area (Å²) in [5, 5.41) is 3.00. The number of aromatic nitrogens is 2. The Kier molecular flexibility index (Phi) is 5.59. The fourth-order valence-corrected chi connectivity index (χ4v) is 6.20. The first-order valence-corrected chi connectivity index (χ1v) is 11.8. The van der Waals surface area contributed by atoms with Gasteiger partial charge < -0.3 is 14.6 Å². The summed E-state index contributed by atoms with van der Waals surface area (Å²) in [4.78, 5) is 17.1. The molecule has 2 aromatic rings. The number of imidazole rings is 1. The molecule has 1 aromatic carbocycles. The third kappa shape index (κ3) is 4.09. The molecule has 30 heavy (non-hydrogen) atoms. The molecule has 8 nitrogen and oxygen atoms in total. The monoisotopic (exact) mass is 432 g/mol. The van der Waals surface area contributed by atoms with Crippen molar-refractivity contribution in [3.8, 4) is 5.75 Å². The molecule has 0 spiro atoms. The predicted molar refractivity (Wildman–Crippen MR) is 113 cm³/mol. The van der Waals surface area contributed by atoms with E-state index in [2.05, 4.69) is 10.3 Å². The number of nitrogens with zero attached hydrogens (tertiary/aromatic N) is 3. The van der Waals surface area contributed by atoms with Crippen LogP contribution in [0.2, 0.25) is 0 Å². The van der Waals surface area contributed by atoms with Crippen LogP contribution in [0.1, 0.15) is 33.1 Å². The molecule has 3 atom stereocenters. The molecule has 2 aliphatic heterocycles. The van der Waals surface area contributed by atoms with Gasteiger partial charge in [-0.1, -0.05) is 0 Å². The highest BCUT2D eigenvalue weighted by Gasteiger charge is 2.49. The quantitative estimate of drug-likeness (QED) is 0.757. The van der Waals surface area contributed by atoms with Crippen LogP contribution in [0.5, 0.6) is 5.75 Å². The number of ether oxygens (including phenoxy) is 1. The SMILES string of the molecule is CC(C)Oc1ccc(NC(=O)[C@@H]2C[C@@H]3CC[C@H]2N(S(=O)(=O)c2cn(C)cn2)C3)cc1. The summed E-state index contributed by atoms with van der Waals surface area (Å²) in [6, 6.07) is 6.91. The number of carbonyl (C=O) groups excluding carboxylic acids is 1. The molecule has 1 aliphatic carbocycles. The van der Waals surface area contributed by atoms with E-state index in [9.17, 15) is 13.2 Å². The lowest BCUT2D eigenvalue weighted by atomic mass is 9.73. The number of carbonyl (C=O) groups is 1. The number of hydrogen-bond acceptors (Lipinski definition) is 5. The molecule has 1 N–H and O–H groups in total. The van der Waals surface area contributed by atoms with E-state index in [1.54, 1.807) is 23.7 Å². The molecule has 1 aromatic heterocycles. The summed E-state index contributed by atoms with van der Waals surface area (Å²) < 4.78 is 35.0. The van der Waals surface area contributed by atoms with Crippen LogP contribution >= 0.6 is 0 Å². The lowest BCUT2D eigenvalue weighted by Gasteiger charge is -2.47. The predicted octanol–water partition coefficient (Wildman–Crippen LogP) is 2.64. The zero-order valence-corrected chi connectivity index (χ0v) is 18.3. The maximum atomic E-state index is 13.1. The molecule has 0 unspecified atom stereocenters. The summed E-state index contributed by atoms with van der Waals surface area (Å²) >= 11 is 0. The minimum atomic E-state index is -3.72. The zero-order valence-electron chi connectivity index (χ0n) is 17.5. The smallest absolute Gasteiger partial charge is 0.262 e. The summed E-state index contributed by atoms with van der Waals surface area (Å²) in [7, 11) is -1.99. The molecule has 2 bridgehead atoms. The summed E-state index contributed by atoms with van der Waals surface area (Å²) in [5.74, 6) is 0.420. The van der Waals surface area contributed by atoms with Gasteiger partial charge in [-0.15, -0.1) is 0 Å². The Morgan fingerprint density at radius 3 is 2.57 bits per heavy atom. The molecule has 162 valence electrons. The molecule has 3 heterocycles. The second-order valence-corrected chi connectivity index (χ2v) is 10.3. The number of hydrogen-bond donors (Lipinski definition) is 1. The van der Waals surface area contributed by atoms with Gasteiger partial charge in [0.05, 0.1) is 18.3 Å². The van der Waals surface area contributed by atoms with Crippen molar-refractivity contribution < 1.29 is 17.9 Å². The molecule has 5 rings (SSSR count). The highest BCUT2D eigenvalue weighted by atomic mass is 32.2. The third-order valence-electron chi connectivity index (χ3n) is 5.82. The highest BCUT2D eigenvalue weighted by Crippen LogP contribution is 2.42. The number of benzene rings is 1. The van der Waals surface area contributed by atoms with Gasteiger partial charge in [0.25, 0.3) is 10.0 Å². The van der Waals surface area contributed by atoms with Crippen molar-refractivity contribution in [1.82, 2.24) is 13.9 Å². The Bertz CT molecular complexity index is 1020. The van der Waals surface area contributed by atoms with Gasteiger partial charge in [-0.2, -0.15) is 4.31 Å². The number of amides is 1. The lowest BCUT2D eigenvalue weighted by molar-refractivity contribution is -0.125. The van der Waals surface area contributed by atoms with Gasteiger partial charge in [0.2, 0.25) is 5.91 Å². The maximum absolute atomic E-state index is 13.1. The minimum absolute atomic E-state index is 0.0393. The van der Waals surface area contributed by atoms with E-state index >= 15 is 0 Å². The Labute approximate surface area is 177 Å².